The van der Waals surface area contributed by atoms with Gasteiger partial charge in [-0.05, 0) is 24.1 Å². The minimum Gasteiger partial charge on any atom is -0.356 e. The first-order valence-corrected chi connectivity index (χ1v) is 10.2. The summed E-state index contributed by atoms with van der Waals surface area (Å²) in [5.74, 6) is 0.628. The number of aliphatic imine (C=N–C) groups is 1. The van der Waals surface area contributed by atoms with E-state index in [4.69, 9.17) is 23.2 Å². The number of halogens is 2. The van der Waals surface area contributed by atoms with Gasteiger partial charge in [-0.1, -0.05) is 36.2 Å². The summed E-state index contributed by atoms with van der Waals surface area (Å²) in [7, 11) is -1.47. The Labute approximate surface area is 154 Å². The van der Waals surface area contributed by atoms with Gasteiger partial charge >= 0.3 is 0 Å². The number of hydrogen-bond donors (Lipinski definition) is 2. The lowest BCUT2D eigenvalue weighted by molar-refractivity contribution is 0.424. The van der Waals surface area contributed by atoms with Crippen molar-refractivity contribution in [3.8, 4) is 0 Å². The van der Waals surface area contributed by atoms with E-state index in [1.165, 1.54) is 10.6 Å². The summed E-state index contributed by atoms with van der Waals surface area (Å²) in [4.78, 5) is 4.13. The molecule has 0 unspecified atom stereocenters. The van der Waals surface area contributed by atoms with Gasteiger partial charge in [-0.2, -0.15) is 0 Å². The quantitative estimate of drug-likeness (QED) is 0.403. The molecule has 0 heterocycles. The van der Waals surface area contributed by atoms with Gasteiger partial charge in [0.05, 0.1) is 6.26 Å². The maximum atomic E-state index is 11.5. The molecule has 0 aliphatic heterocycles. The summed E-state index contributed by atoms with van der Waals surface area (Å²) in [6, 6.07) is 5.34. The highest BCUT2D eigenvalue weighted by Crippen LogP contribution is 2.20. The van der Waals surface area contributed by atoms with Crippen LogP contribution < -0.4 is 10.6 Å². The largest absolute Gasteiger partial charge is 0.356 e. The monoisotopic (exact) mass is 394 g/mol. The average Bonchev–Trinajstić information content (AvgIpc) is 2.50. The van der Waals surface area contributed by atoms with Crippen molar-refractivity contribution < 1.29 is 8.42 Å². The molecule has 0 aromatic heterocycles. The van der Waals surface area contributed by atoms with Crippen molar-refractivity contribution >= 4 is 39.2 Å². The Bertz CT molecular complexity index is 665. The van der Waals surface area contributed by atoms with Crippen LogP contribution in [0.2, 0.25) is 10.0 Å². The molecular weight excluding hydrogens is 371 g/mol. The number of benzene rings is 1. The van der Waals surface area contributed by atoms with Crippen LogP contribution in [0, 0.1) is 0 Å². The van der Waals surface area contributed by atoms with Crippen LogP contribution in [-0.4, -0.2) is 51.6 Å². The number of guanidine groups is 1. The topological polar surface area (TPSA) is 73.8 Å². The number of sulfonamides is 1. The Morgan fingerprint density at radius 1 is 1.29 bits per heavy atom. The first-order valence-electron chi connectivity index (χ1n) is 7.61. The second kappa shape index (κ2) is 10.1. The summed E-state index contributed by atoms with van der Waals surface area (Å²) in [6.07, 6.45) is 1.91. The second-order valence-corrected chi connectivity index (χ2v) is 8.02. The van der Waals surface area contributed by atoms with E-state index in [1.807, 2.05) is 13.0 Å². The van der Waals surface area contributed by atoms with E-state index >= 15 is 0 Å². The highest BCUT2D eigenvalue weighted by Gasteiger charge is 2.13. The lowest BCUT2D eigenvalue weighted by atomic mass is 10.2. The third kappa shape index (κ3) is 7.25. The Morgan fingerprint density at radius 2 is 2.00 bits per heavy atom. The van der Waals surface area contributed by atoms with E-state index in [1.54, 1.807) is 19.2 Å². The zero-order chi connectivity index (χ0) is 18.2. The number of hydrogen-bond acceptors (Lipinski definition) is 3. The van der Waals surface area contributed by atoms with Crippen LogP contribution in [0.4, 0.5) is 0 Å². The normalized spacial score (nSPS) is 12.5. The molecule has 136 valence electrons. The fourth-order valence-corrected chi connectivity index (χ4v) is 3.49. The molecule has 0 radical (unpaired) electrons. The van der Waals surface area contributed by atoms with E-state index in [9.17, 15) is 8.42 Å². The Kier molecular flexibility index (Phi) is 8.83. The molecule has 0 bridgehead atoms. The summed E-state index contributed by atoms with van der Waals surface area (Å²) in [6.45, 7) is 3.90. The molecule has 0 atom stereocenters. The van der Waals surface area contributed by atoms with Gasteiger partial charge in [-0.15, -0.1) is 0 Å². The Morgan fingerprint density at radius 3 is 2.54 bits per heavy atom. The molecule has 0 spiro atoms. The third-order valence-corrected chi connectivity index (χ3v) is 5.35. The van der Waals surface area contributed by atoms with Crippen molar-refractivity contribution in [1.82, 2.24) is 14.9 Å². The molecule has 1 aromatic carbocycles. The van der Waals surface area contributed by atoms with Crippen LogP contribution in [0.1, 0.15) is 18.9 Å². The van der Waals surface area contributed by atoms with Crippen molar-refractivity contribution in [3.05, 3.63) is 33.8 Å². The fraction of sp³-hybridized carbons (Fsp3) is 0.533. The minimum absolute atomic E-state index is 0.473. The van der Waals surface area contributed by atoms with Crippen LogP contribution in [0.25, 0.3) is 0 Å². The van der Waals surface area contributed by atoms with Crippen LogP contribution in [0.5, 0.6) is 0 Å². The van der Waals surface area contributed by atoms with E-state index in [-0.39, 0.29) is 0 Å². The molecule has 9 heteroatoms. The highest BCUT2D eigenvalue weighted by atomic mass is 35.5. The van der Waals surface area contributed by atoms with Crippen molar-refractivity contribution in [2.75, 3.05) is 32.9 Å². The van der Waals surface area contributed by atoms with Crippen LogP contribution in [-0.2, 0) is 16.6 Å². The van der Waals surface area contributed by atoms with E-state index in [0.29, 0.717) is 48.6 Å². The zero-order valence-corrected chi connectivity index (χ0v) is 16.5. The van der Waals surface area contributed by atoms with Gasteiger partial charge in [0.1, 0.15) is 0 Å². The first-order chi connectivity index (χ1) is 11.3. The van der Waals surface area contributed by atoms with Gasteiger partial charge in [-0.3, -0.25) is 4.99 Å². The van der Waals surface area contributed by atoms with Gasteiger partial charge in [0.25, 0.3) is 0 Å². The predicted octanol–water partition coefficient (Wildman–Crippen LogP) is 2.33. The van der Waals surface area contributed by atoms with E-state index in [2.05, 4.69) is 15.6 Å². The first kappa shape index (κ1) is 21.0. The third-order valence-electron chi connectivity index (χ3n) is 3.38. The SMILES string of the molecule is CCN(CCCNC(=NC)NCc1ccc(Cl)cc1Cl)S(C)(=O)=O. The molecule has 0 amide bonds. The lowest BCUT2D eigenvalue weighted by Crippen LogP contribution is -2.39. The fourth-order valence-electron chi connectivity index (χ4n) is 2.09. The van der Waals surface area contributed by atoms with Crippen LogP contribution in [0.3, 0.4) is 0 Å². The van der Waals surface area contributed by atoms with Crippen molar-refractivity contribution in [2.24, 2.45) is 4.99 Å². The molecule has 0 fully saturated rings. The highest BCUT2D eigenvalue weighted by molar-refractivity contribution is 7.88. The van der Waals surface area contributed by atoms with Gasteiger partial charge < -0.3 is 10.6 Å². The molecule has 0 saturated carbocycles. The number of nitrogens with zero attached hydrogens (tertiary/aromatic N) is 2. The van der Waals surface area contributed by atoms with Gasteiger partial charge in [0.15, 0.2) is 5.96 Å². The minimum atomic E-state index is -3.14. The van der Waals surface area contributed by atoms with E-state index in [0.717, 1.165) is 5.56 Å². The number of rotatable bonds is 8. The Hall–Kier alpha value is -1.02. The van der Waals surface area contributed by atoms with Crippen molar-refractivity contribution in [1.29, 1.82) is 0 Å². The molecule has 0 aliphatic rings. The van der Waals surface area contributed by atoms with Gasteiger partial charge in [-0.25, -0.2) is 12.7 Å². The predicted molar refractivity (Wildman–Crippen MR) is 101 cm³/mol. The molecule has 24 heavy (non-hydrogen) atoms. The average molecular weight is 395 g/mol. The Balaban J connectivity index is 2.40. The second-order valence-electron chi connectivity index (χ2n) is 5.20. The summed E-state index contributed by atoms with van der Waals surface area (Å²) in [5.41, 5.74) is 0.915. The summed E-state index contributed by atoms with van der Waals surface area (Å²) in [5, 5.41) is 7.50. The molecule has 0 saturated heterocycles. The van der Waals surface area contributed by atoms with Crippen LogP contribution in [0.15, 0.2) is 23.2 Å². The number of nitrogens with one attached hydrogen (secondary N) is 2. The molecule has 2 N–H and O–H groups in total. The van der Waals surface area contributed by atoms with Crippen molar-refractivity contribution in [2.45, 2.75) is 19.9 Å². The van der Waals surface area contributed by atoms with Gasteiger partial charge in [0.2, 0.25) is 10.0 Å². The smallest absolute Gasteiger partial charge is 0.211 e. The summed E-state index contributed by atoms with van der Waals surface area (Å²) < 4.78 is 24.5. The van der Waals surface area contributed by atoms with Crippen LogP contribution >= 0.6 is 23.2 Å². The molecular formula is C15H24Cl2N4O2S. The molecule has 1 rings (SSSR count). The molecule has 6 nitrogen and oxygen atoms in total. The standard InChI is InChI=1S/C15H24Cl2N4O2S/c1-4-21(24(3,22)23)9-5-8-19-15(18-2)20-11-12-6-7-13(16)10-14(12)17/h6-7,10H,4-5,8-9,11H2,1-3H3,(H2,18,19,20). The van der Waals surface area contributed by atoms with Crippen molar-refractivity contribution in [3.63, 3.8) is 0 Å². The maximum absolute atomic E-state index is 11.5. The lowest BCUT2D eigenvalue weighted by Gasteiger charge is -2.18. The molecule has 1 aromatic rings. The molecule has 0 aliphatic carbocycles. The summed E-state index contributed by atoms with van der Waals surface area (Å²) >= 11 is 12.0. The van der Waals surface area contributed by atoms with E-state index < -0.39 is 10.0 Å². The zero-order valence-electron chi connectivity index (χ0n) is 14.1. The van der Waals surface area contributed by atoms with Gasteiger partial charge in [0, 0.05) is 43.3 Å². The maximum Gasteiger partial charge on any atom is 0.211 e.